The highest BCUT2D eigenvalue weighted by Gasteiger charge is 2.39. The minimum absolute atomic E-state index is 0.0726. The predicted octanol–water partition coefficient (Wildman–Crippen LogP) is -1.54. The van der Waals surface area contributed by atoms with E-state index in [2.05, 4.69) is 15.1 Å². The van der Waals surface area contributed by atoms with Crippen molar-refractivity contribution < 1.29 is 19.8 Å². The largest absolute Gasteiger partial charge is 0.480 e. The number of nitrogens with zero attached hydrogens (tertiary/aromatic N) is 3. The Bertz CT molecular complexity index is 406. The molecule has 2 heterocycles. The molecule has 0 radical (unpaired) electrons. The van der Waals surface area contributed by atoms with E-state index in [-0.39, 0.29) is 19.0 Å². The number of carboxylic acids is 1. The first kappa shape index (κ1) is 16.0. The number of carboxylic acid groups (broad SMARTS) is 1. The van der Waals surface area contributed by atoms with Gasteiger partial charge in [0.1, 0.15) is 6.04 Å². The first-order chi connectivity index (χ1) is 9.88. The van der Waals surface area contributed by atoms with Crippen LogP contribution in [0.15, 0.2) is 0 Å². The number of hydrogen-bond acceptors (Lipinski definition) is 5. The molecule has 3 N–H and O–H groups in total. The number of likely N-dealkylation sites (tertiary alicyclic amines) is 1. The molecule has 8 heteroatoms. The molecule has 0 saturated carbocycles. The summed E-state index contributed by atoms with van der Waals surface area (Å²) in [5.74, 6) is -1.07. The van der Waals surface area contributed by atoms with Gasteiger partial charge in [-0.3, -0.25) is 4.90 Å². The van der Waals surface area contributed by atoms with E-state index >= 15 is 0 Å². The molecular weight excluding hydrogens is 276 g/mol. The summed E-state index contributed by atoms with van der Waals surface area (Å²) in [4.78, 5) is 28.9. The van der Waals surface area contributed by atoms with E-state index in [4.69, 9.17) is 5.11 Å². The van der Waals surface area contributed by atoms with Crippen LogP contribution < -0.4 is 5.32 Å². The number of likely N-dealkylation sites (N-methyl/N-ethyl adjacent to an activating group) is 2. The Labute approximate surface area is 124 Å². The molecule has 21 heavy (non-hydrogen) atoms. The lowest BCUT2D eigenvalue weighted by Gasteiger charge is -2.38. The van der Waals surface area contributed by atoms with E-state index in [9.17, 15) is 14.7 Å². The number of carbonyl (C=O) groups excluding carboxylic acids is 1. The Morgan fingerprint density at radius 1 is 1.24 bits per heavy atom. The zero-order chi connectivity index (χ0) is 15.6. The van der Waals surface area contributed by atoms with E-state index in [0.29, 0.717) is 6.54 Å². The van der Waals surface area contributed by atoms with Gasteiger partial charge in [-0.05, 0) is 14.1 Å². The Morgan fingerprint density at radius 2 is 1.95 bits per heavy atom. The molecule has 8 nitrogen and oxygen atoms in total. The third-order valence-electron chi connectivity index (χ3n) is 4.29. The number of aliphatic hydroxyl groups is 1. The lowest BCUT2D eigenvalue weighted by Crippen LogP contribution is -2.56. The zero-order valence-corrected chi connectivity index (χ0v) is 12.5. The highest BCUT2D eigenvalue weighted by molar-refractivity contribution is 5.83. The maximum absolute atomic E-state index is 12.1. The molecule has 2 fully saturated rings. The smallest absolute Gasteiger partial charge is 0.326 e. The predicted molar refractivity (Wildman–Crippen MR) is 76.1 cm³/mol. The van der Waals surface area contributed by atoms with E-state index in [1.165, 1.54) is 4.90 Å². The van der Waals surface area contributed by atoms with Gasteiger partial charge in [-0.15, -0.1) is 0 Å². The van der Waals surface area contributed by atoms with Crippen molar-refractivity contribution in [2.75, 3.05) is 46.8 Å². The third-order valence-corrected chi connectivity index (χ3v) is 4.29. The zero-order valence-electron chi connectivity index (χ0n) is 12.5. The fourth-order valence-electron chi connectivity index (χ4n) is 2.90. The van der Waals surface area contributed by atoms with Crippen molar-refractivity contribution >= 4 is 12.0 Å². The van der Waals surface area contributed by atoms with Gasteiger partial charge < -0.3 is 25.3 Å². The number of β-amino-alcohol motifs (C(OH)–C–C–N with tert-alkyl or cyclic N) is 1. The maximum Gasteiger partial charge on any atom is 0.326 e. The van der Waals surface area contributed by atoms with Gasteiger partial charge in [-0.1, -0.05) is 0 Å². The summed E-state index contributed by atoms with van der Waals surface area (Å²) in [7, 11) is 4.06. The molecule has 3 unspecified atom stereocenters. The molecule has 2 aliphatic heterocycles. The quantitative estimate of drug-likeness (QED) is 0.585. The fourth-order valence-corrected chi connectivity index (χ4v) is 2.90. The number of piperazine rings is 1. The van der Waals surface area contributed by atoms with Crippen LogP contribution in [-0.2, 0) is 4.79 Å². The molecule has 2 aliphatic rings. The summed E-state index contributed by atoms with van der Waals surface area (Å²) in [6, 6.07) is -1.14. The number of carbonyl (C=O) groups is 2. The Morgan fingerprint density at radius 3 is 2.62 bits per heavy atom. The summed E-state index contributed by atoms with van der Waals surface area (Å²) in [6.07, 6.45) is -0.671. The summed E-state index contributed by atoms with van der Waals surface area (Å²) in [5.41, 5.74) is 0. The molecule has 2 saturated heterocycles. The normalized spacial score (nSPS) is 31.4. The first-order valence-corrected chi connectivity index (χ1v) is 7.22. The lowest BCUT2D eigenvalue weighted by molar-refractivity contribution is -0.141. The lowest BCUT2D eigenvalue weighted by atomic mass is 10.2. The van der Waals surface area contributed by atoms with Crippen molar-refractivity contribution in [1.29, 1.82) is 0 Å². The molecule has 0 aromatic rings. The van der Waals surface area contributed by atoms with Crippen molar-refractivity contribution in [3.8, 4) is 0 Å². The monoisotopic (exact) mass is 300 g/mol. The van der Waals surface area contributed by atoms with Crippen LogP contribution >= 0.6 is 0 Å². The molecule has 0 spiro atoms. The topological polar surface area (TPSA) is 96.4 Å². The number of amides is 2. The molecule has 2 amide bonds. The van der Waals surface area contributed by atoms with Crippen LogP contribution in [0.25, 0.3) is 0 Å². The SMILES string of the molecule is CN1CCN(C)C(CNC(=O)N2CC(O)CC2C(=O)O)C1. The molecule has 0 aliphatic carbocycles. The van der Waals surface area contributed by atoms with Crippen LogP contribution in [0.5, 0.6) is 0 Å². The Kier molecular flexibility index (Phi) is 5.02. The average Bonchev–Trinajstić information content (AvgIpc) is 2.82. The van der Waals surface area contributed by atoms with E-state index in [1.807, 2.05) is 14.1 Å². The van der Waals surface area contributed by atoms with Gasteiger partial charge in [-0.25, -0.2) is 9.59 Å². The van der Waals surface area contributed by atoms with Crippen LogP contribution in [0.3, 0.4) is 0 Å². The van der Waals surface area contributed by atoms with Crippen LogP contribution in [0.1, 0.15) is 6.42 Å². The highest BCUT2D eigenvalue weighted by atomic mass is 16.4. The summed E-state index contributed by atoms with van der Waals surface area (Å²) >= 11 is 0. The standard InChI is InChI=1S/C13H24N4O4/c1-15-3-4-16(2)9(7-15)6-14-13(21)17-8-10(18)5-11(17)12(19)20/h9-11,18H,3-8H2,1-2H3,(H,14,21)(H,19,20). The number of hydrogen-bond donors (Lipinski definition) is 3. The van der Waals surface area contributed by atoms with Crippen molar-refractivity contribution in [3.63, 3.8) is 0 Å². The Hall–Kier alpha value is -1.38. The van der Waals surface area contributed by atoms with Gasteiger partial charge in [0.2, 0.25) is 0 Å². The summed E-state index contributed by atoms with van der Waals surface area (Å²) in [6.45, 7) is 3.35. The summed E-state index contributed by atoms with van der Waals surface area (Å²) in [5, 5.41) is 21.5. The van der Waals surface area contributed by atoms with Gasteiger partial charge in [0.05, 0.1) is 6.10 Å². The average molecular weight is 300 g/mol. The van der Waals surface area contributed by atoms with Gasteiger partial charge >= 0.3 is 12.0 Å². The minimum Gasteiger partial charge on any atom is -0.480 e. The number of aliphatic carboxylic acids is 1. The van der Waals surface area contributed by atoms with Gasteiger partial charge in [0.15, 0.2) is 0 Å². The molecular formula is C13H24N4O4. The maximum atomic E-state index is 12.1. The number of nitrogens with one attached hydrogen (secondary N) is 1. The second kappa shape index (κ2) is 6.59. The second-order valence-corrected chi connectivity index (χ2v) is 5.98. The van der Waals surface area contributed by atoms with Crippen molar-refractivity contribution in [3.05, 3.63) is 0 Å². The van der Waals surface area contributed by atoms with Crippen molar-refractivity contribution in [2.45, 2.75) is 24.6 Å². The minimum atomic E-state index is -1.07. The van der Waals surface area contributed by atoms with Crippen molar-refractivity contribution in [2.24, 2.45) is 0 Å². The number of rotatable bonds is 3. The van der Waals surface area contributed by atoms with Gasteiger partial charge in [0.25, 0.3) is 0 Å². The van der Waals surface area contributed by atoms with E-state index in [1.54, 1.807) is 0 Å². The Balaban J connectivity index is 1.87. The molecule has 0 bridgehead atoms. The highest BCUT2D eigenvalue weighted by Crippen LogP contribution is 2.18. The first-order valence-electron chi connectivity index (χ1n) is 7.22. The van der Waals surface area contributed by atoms with Gasteiger partial charge in [0, 0.05) is 45.2 Å². The van der Waals surface area contributed by atoms with E-state index in [0.717, 1.165) is 19.6 Å². The van der Waals surface area contributed by atoms with Crippen LogP contribution in [0, 0.1) is 0 Å². The fraction of sp³-hybridized carbons (Fsp3) is 0.846. The van der Waals surface area contributed by atoms with Crippen molar-refractivity contribution in [1.82, 2.24) is 20.0 Å². The third kappa shape index (κ3) is 3.84. The molecule has 2 rings (SSSR count). The van der Waals surface area contributed by atoms with Gasteiger partial charge in [-0.2, -0.15) is 0 Å². The number of aliphatic hydroxyl groups excluding tert-OH is 1. The molecule has 0 aromatic heterocycles. The summed E-state index contributed by atoms with van der Waals surface area (Å²) < 4.78 is 0. The van der Waals surface area contributed by atoms with Crippen LogP contribution in [0.4, 0.5) is 4.79 Å². The molecule has 3 atom stereocenters. The van der Waals surface area contributed by atoms with Crippen LogP contribution in [0.2, 0.25) is 0 Å². The second-order valence-electron chi connectivity index (χ2n) is 5.98. The molecule has 0 aromatic carbocycles. The molecule has 120 valence electrons. The number of urea groups is 1. The van der Waals surface area contributed by atoms with Crippen LogP contribution in [-0.4, -0.2) is 102 Å². The van der Waals surface area contributed by atoms with E-state index < -0.39 is 24.1 Å².